The van der Waals surface area contributed by atoms with Gasteiger partial charge in [0.25, 0.3) is 0 Å². The van der Waals surface area contributed by atoms with Crippen LogP contribution in [0.4, 0.5) is 0 Å². The molecule has 1 saturated carbocycles. The molecule has 0 aromatic carbocycles. The Bertz CT molecular complexity index is 191. The van der Waals surface area contributed by atoms with Crippen LogP contribution in [0.2, 0.25) is 0 Å². The predicted octanol–water partition coefficient (Wildman–Crippen LogP) is 1.96. The van der Waals surface area contributed by atoms with Gasteiger partial charge in [-0.15, -0.1) is 12.4 Å². The molecule has 0 spiro atoms. The van der Waals surface area contributed by atoms with Crippen molar-refractivity contribution in [3.8, 4) is 0 Å². The number of halogens is 1. The summed E-state index contributed by atoms with van der Waals surface area (Å²) in [5, 5.41) is 6.01. The van der Waals surface area contributed by atoms with Crippen molar-refractivity contribution in [1.29, 1.82) is 0 Å². The van der Waals surface area contributed by atoms with E-state index < -0.39 is 0 Å². The average molecular weight is 249 g/mol. The molecule has 1 aliphatic rings. The summed E-state index contributed by atoms with van der Waals surface area (Å²) in [7, 11) is 1.90. The van der Waals surface area contributed by atoms with E-state index in [2.05, 4.69) is 17.6 Å². The van der Waals surface area contributed by atoms with Crippen LogP contribution in [0.25, 0.3) is 0 Å². The zero-order chi connectivity index (χ0) is 11.1. The van der Waals surface area contributed by atoms with Crippen LogP contribution in [-0.2, 0) is 4.79 Å². The van der Waals surface area contributed by atoms with Crippen LogP contribution < -0.4 is 10.6 Å². The summed E-state index contributed by atoms with van der Waals surface area (Å²) in [6, 6.07) is 0. The second kappa shape index (κ2) is 8.82. The highest BCUT2D eigenvalue weighted by molar-refractivity contribution is 5.85. The van der Waals surface area contributed by atoms with E-state index >= 15 is 0 Å². The van der Waals surface area contributed by atoms with Crippen LogP contribution in [0.1, 0.15) is 39.0 Å². The number of nitrogens with one attached hydrogen (secondary N) is 2. The SMILES string of the molecule is CCC1CCC(C(=O)NCCNC)CC1.Cl. The summed E-state index contributed by atoms with van der Waals surface area (Å²) < 4.78 is 0. The highest BCUT2D eigenvalue weighted by Crippen LogP contribution is 2.30. The zero-order valence-corrected chi connectivity index (χ0v) is 11.2. The first-order valence-electron chi connectivity index (χ1n) is 6.20. The zero-order valence-electron chi connectivity index (χ0n) is 10.4. The van der Waals surface area contributed by atoms with Crippen molar-refractivity contribution >= 4 is 18.3 Å². The van der Waals surface area contributed by atoms with Crippen LogP contribution in [0, 0.1) is 11.8 Å². The molecule has 0 unspecified atom stereocenters. The molecule has 2 N–H and O–H groups in total. The maximum absolute atomic E-state index is 11.7. The molecule has 16 heavy (non-hydrogen) atoms. The summed E-state index contributed by atoms with van der Waals surface area (Å²) in [6.45, 7) is 3.86. The lowest BCUT2D eigenvalue weighted by atomic mass is 9.80. The Morgan fingerprint density at radius 1 is 1.19 bits per heavy atom. The van der Waals surface area contributed by atoms with Gasteiger partial charge in [0, 0.05) is 19.0 Å². The minimum Gasteiger partial charge on any atom is -0.355 e. The van der Waals surface area contributed by atoms with Crippen molar-refractivity contribution in [2.45, 2.75) is 39.0 Å². The highest BCUT2D eigenvalue weighted by Gasteiger charge is 2.24. The van der Waals surface area contributed by atoms with Gasteiger partial charge in [0.2, 0.25) is 5.91 Å². The minimum absolute atomic E-state index is 0. The lowest BCUT2D eigenvalue weighted by molar-refractivity contribution is -0.126. The Kier molecular flexibility index (Phi) is 8.67. The van der Waals surface area contributed by atoms with E-state index in [1.807, 2.05) is 7.05 Å². The van der Waals surface area contributed by atoms with E-state index in [-0.39, 0.29) is 24.2 Å². The lowest BCUT2D eigenvalue weighted by Crippen LogP contribution is -2.36. The van der Waals surface area contributed by atoms with Gasteiger partial charge in [0.15, 0.2) is 0 Å². The van der Waals surface area contributed by atoms with E-state index in [4.69, 9.17) is 0 Å². The quantitative estimate of drug-likeness (QED) is 0.731. The third kappa shape index (κ3) is 5.17. The number of likely N-dealkylation sites (N-methyl/N-ethyl adjacent to an activating group) is 1. The van der Waals surface area contributed by atoms with Crippen LogP contribution >= 0.6 is 12.4 Å². The van der Waals surface area contributed by atoms with E-state index in [0.717, 1.165) is 31.8 Å². The molecule has 0 atom stereocenters. The molecule has 0 bridgehead atoms. The molecule has 1 fully saturated rings. The van der Waals surface area contributed by atoms with Gasteiger partial charge in [-0.3, -0.25) is 4.79 Å². The van der Waals surface area contributed by atoms with E-state index in [1.54, 1.807) is 0 Å². The predicted molar refractivity (Wildman–Crippen MR) is 69.9 cm³/mol. The fourth-order valence-electron chi connectivity index (χ4n) is 2.29. The van der Waals surface area contributed by atoms with Gasteiger partial charge < -0.3 is 10.6 Å². The van der Waals surface area contributed by atoms with Gasteiger partial charge in [-0.05, 0) is 38.6 Å². The molecule has 3 nitrogen and oxygen atoms in total. The van der Waals surface area contributed by atoms with E-state index in [9.17, 15) is 4.79 Å². The molecular formula is C12H25ClN2O. The Labute approximate surface area is 105 Å². The Balaban J connectivity index is 0.00000225. The van der Waals surface area contributed by atoms with Crippen molar-refractivity contribution in [3.05, 3.63) is 0 Å². The Hall–Kier alpha value is -0.280. The molecule has 0 aliphatic heterocycles. The van der Waals surface area contributed by atoms with Crippen molar-refractivity contribution in [1.82, 2.24) is 10.6 Å². The fourth-order valence-corrected chi connectivity index (χ4v) is 2.29. The number of rotatable bonds is 5. The monoisotopic (exact) mass is 248 g/mol. The molecule has 0 radical (unpaired) electrons. The summed E-state index contributed by atoms with van der Waals surface area (Å²) in [4.78, 5) is 11.7. The standard InChI is InChI=1S/C12H24N2O.ClH/c1-3-10-4-6-11(7-5-10)12(15)14-9-8-13-2;/h10-11,13H,3-9H2,1-2H3,(H,14,15);1H. The smallest absolute Gasteiger partial charge is 0.223 e. The van der Waals surface area contributed by atoms with Crippen LogP contribution in [0.15, 0.2) is 0 Å². The van der Waals surface area contributed by atoms with Gasteiger partial charge in [-0.25, -0.2) is 0 Å². The number of amides is 1. The third-order valence-electron chi connectivity index (χ3n) is 3.47. The average Bonchev–Trinajstić information content (AvgIpc) is 2.29. The summed E-state index contributed by atoms with van der Waals surface area (Å²) >= 11 is 0. The van der Waals surface area contributed by atoms with Crippen LogP contribution in [0.5, 0.6) is 0 Å². The Morgan fingerprint density at radius 3 is 2.31 bits per heavy atom. The number of hydrogen-bond donors (Lipinski definition) is 2. The fraction of sp³-hybridized carbons (Fsp3) is 0.917. The van der Waals surface area contributed by atoms with Crippen molar-refractivity contribution < 1.29 is 4.79 Å². The van der Waals surface area contributed by atoms with E-state index in [1.165, 1.54) is 19.3 Å². The van der Waals surface area contributed by atoms with Crippen LogP contribution in [-0.4, -0.2) is 26.0 Å². The van der Waals surface area contributed by atoms with Gasteiger partial charge in [0.05, 0.1) is 0 Å². The van der Waals surface area contributed by atoms with Gasteiger partial charge >= 0.3 is 0 Å². The summed E-state index contributed by atoms with van der Waals surface area (Å²) in [5.74, 6) is 1.41. The second-order valence-corrected chi connectivity index (χ2v) is 4.52. The third-order valence-corrected chi connectivity index (χ3v) is 3.47. The van der Waals surface area contributed by atoms with E-state index in [0.29, 0.717) is 0 Å². The van der Waals surface area contributed by atoms with Crippen LogP contribution in [0.3, 0.4) is 0 Å². The number of hydrogen-bond acceptors (Lipinski definition) is 2. The van der Waals surface area contributed by atoms with Gasteiger partial charge in [0.1, 0.15) is 0 Å². The maximum atomic E-state index is 11.7. The summed E-state index contributed by atoms with van der Waals surface area (Å²) in [5.41, 5.74) is 0. The normalized spacial score (nSPS) is 24.6. The minimum atomic E-state index is 0. The lowest BCUT2D eigenvalue weighted by Gasteiger charge is -2.26. The molecule has 4 heteroatoms. The molecule has 0 heterocycles. The molecule has 0 aromatic heterocycles. The topological polar surface area (TPSA) is 41.1 Å². The summed E-state index contributed by atoms with van der Waals surface area (Å²) in [6.07, 6.45) is 5.92. The van der Waals surface area contributed by atoms with Crippen molar-refractivity contribution in [2.75, 3.05) is 20.1 Å². The van der Waals surface area contributed by atoms with Gasteiger partial charge in [-0.1, -0.05) is 13.3 Å². The number of carbonyl (C=O) groups excluding carboxylic acids is 1. The largest absolute Gasteiger partial charge is 0.355 e. The molecule has 1 rings (SSSR count). The first-order valence-corrected chi connectivity index (χ1v) is 6.20. The highest BCUT2D eigenvalue weighted by atomic mass is 35.5. The van der Waals surface area contributed by atoms with Crippen molar-refractivity contribution in [2.24, 2.45) is 11.8 Å². The first kappa shape index (κ1) is 15.7. The van der Waals surface area contributed by atoms with Gasteiger partial charge in [-0.2, -0.15) is 0 Å². The number of carbonyl (C=O) groups is 1. The van der Waals surface area contributed by atoms with Crippen molar-refractivity contribution in [3.63, 3.8) is 0 Å². The molecule has 0 aromatic rings. The molecule has 1 amide bonds. The molecule has 96 valence electrons. The molecule has 0 saturated heterocycles. The molecular weight excluding hydrogens is 224 g/mol. The molecule has 1 aliphatic carbocycles. The first-order chi connectivity index (χ1) is 7.27. The second-order valence-electron chi connectivity index (χ2n) is 4.52. The Morgan fingerprint density at radius 2 is 1.81 bits per heavy atom. The maximum Gasteiger partial charge on any atom is 0.223 e.